The Morgan fingerprint density at radius 2 is 1.92 bits per heavy atom. The number of rotatable bonds is 3. The summed E-state index contributed by atoms with van der Waals surface area (Å²) in [6.07, 6.45) is 4.22. The van der Waals surface area contributed by atoms with Gasteiger partial charge < -0.3 is 14.2 Å². The predicted octanol–water partition coefficient (Wildman–Crippen LogP) is 2.88. The summed E-state index contributed by atoms with van der Waals surface area (Å²) >= 11 is 6.07. The van der Waals surface area contributed by atoms with Crippen molar-refractivity contribution in [2.24, 2.45) is 0 Å². The molecule has 25 heavy (non-hydrogen) atoms. The molecular formula is C19H19ClN4O. The van der Waals surface area contributed by atoms with Gasteiger partial charge in [0.1, 0.15) is 5.65 Å². The van der Waals surface area contributed by atoms with Crippen molar-refractivity contribution in [1.29, 1.82) is 0 Å². The number of imidazole rings is 1. The number of aromatic nitrogens is 2. The monoisotopic (exact) mass is 354 g/mol. The normalized spacial score (nSPS) is 14.9. The molecule has 1 aliphatic rings. The number of carbonyl (C=O) groups excluding carboxylic acids is 1. The number of benzene rings is 1. The summed E-state index contributed by atoms with van der Waals surface area (Å²) in [5, 5.41) is 0.739. The number of hydrogen-bond donors (Lipinski definition) is 0. The van der Waals surface area contributed by atoms with E-state index < -0.39 is 0 Å². The SMILES string of the molecule is O=C(Cc1cn2ccccc2n1)N1CCN(c2cccc(Cl)c2)CC1. The van der Waals surface area contributed by atoms with Crippen molar-refractivity contribution in [2.45, 2.75) is 6.42 Å². The number of carbonyl (C=O) groups is 1. The third-order valence-corrected chi connectivity index (χ3v) is 4.79. The maximum Gasteiger partial charge on any atom is 0.228 e. The van der Waals surface area contributed by atoms with Gasteiger partial charge in [-0.15, -0.1) is 0 Å². The molecule has 0 N–H and O–H groups in total. The smallest absolute Gasteiger partial charge is 0.228 e. The fourth-order valence-electron chi connectivity index (χ4n) is 3.23. The summed E-state index contributed by atoms with van der Waals surface area (Å²) < 4.78 is 1.94. The van der Waals surface area contributed by atoms with E-state index in [4.69, 9.17) is 11.6 Å². The van der Waals surface area contributed by atoms with Crippen molar-refractivity contribution in [1.82, 2.24) is 14.3 Å². The van der Waals surface area contributed by atoms with Crippen molar-refractivity contribution in [3.05, 3.63) is 65.6 Å². The second-order valence-corrected chi connectivity index (χ2v) is 6.66. The minimum Gasteiger partial charge on any atom is -0.368 e. The molecule has 1 fully saturated rings. The van der Waals surface area contributed by atoms with Crippen LogP contribution in [-0.4, -0.2) is 46.4 Å². The Morgan fingerprint density at radius 1 is 1.08 bits per heavy atom. The van der Waals surface area contributed by atoms with Gasteiger partial charge in [0.25, 0.3) is 0 Å². The number of piperazine rings is 1. The van der Waals surface area contributed by atoms with Crippen molar-refractivity contribution < 1.29 is 4.79 Å². The summed E-state index contributed by atoms with van der Waals surface area (Å²) in [6.45, 7) is 3.08. The van der Waals surface area contributed by atoms with Gasteiger partial charge in [-0.3, -0.25) is 4.79 Å². The van der Waals surface area contributed by atoms with Crippen LogP contribution in [-0.2, 0) is 11.2 Å². The minimum atomic E-state index is 0.133. The maximum absolute atomic E-state index is 12.6. The van der Waals surface area contributed by atoms with Crippen molar-refractivity contribution in [2.75, 3.05) is 31.1 Å². The Balaban J connectivity index is 1.37. The highest BCUT2D eigenvalue weighted by atomic mass is 35.5. The molecule has 1 aliphatic heterocycles. The third kappa shape index (κ3) is 3.46. The molecule has 4 rings (SSSR count). The first kappa shape index (κ1) is 16.0. The molecule has 0 bridgehead atoms. The second kappa shape index (κ2) is 6.76. The van der Waals surface area contributed by atoms with Gasteiger partial charge in [0, 0.05) is 49.3 Å². The number of amides is 1. The predicted molar refractivity (Wildman–Crippen MR) is 99.1 cm³/mol. The second-order valence-electron chi connectivity index (χ2n) is 6.22. The van der Waals surface area contributed by atoms with Crippen molar-refractivity contribution >= 4 is 28.8 Å². The summed E-state index contributed by atoms with van der Waals surface area (Å²) in [5.41, 5.74) is 2.80. The van der Waals surface area contributed by atoms with E-state index in [0.29, 0.717) is 6.42 Å². The molecule has 0 saturated carbocycles. The molecule has 3 heterocycles. The van der Waals surface area contributed by atoms with Crippen LogP contribution in [0.5, 0.6) is 0 Å². The fraction of sp³-hybridized carbons (Fsp3) is 0.263. The number of nitrogens with zero attached hydrogens (tertiary/aromatic N) is 4. The van der Waals surface area contributed by atoms with Gasteiger partial charge in [0.2, 0.25) is 5.91 Å². The number of anilines is 1. The highest BCUT2D eigenvalue weighted by molar-refractivity contribution is 6.30. The van der Waals surface area contributed by atoms with Crippen LogP contribution in [0.4, 0.5) is 5.69 Å². The van der Waals surface area contributed by atoms with Gasteiger partial charge in [0.15, 0.2) is 0 Å². The Hall–Kier alpha value is -2.53. The zero-order valence-corrected chi connectivity index (χ0v) is 14.6. The van der Waals surface area contributed by atoms with Crippen LogP contribution in [0.2, 0.25) is 5.02 Å². The third-order valence-electron chi connectivity index (χ3n) is 4.55. The van der Waals surface area contributed by atoms with E-state index in [0.717, 1.165) is 48.2 Å². The lowest BCUT2D eigenvalue weighted by molar-refractivity contribution is -0.130. The lowest BCUT2D eigenvalue weighted by Gasteiger charge is -2.36. The first-order valence-electron chi connectivity index (χ1n) is 8.40. The van der Waals surface area contributed by atoms with E-state index in [1.807, 2.05) is 58.1 Å². The van der Waals surface area contributed by atoms with E-state index in [1.165, 1.54) is 0 Å². The van der Waals surface area contributed by atoms with Gasteiger partial charge >= 0.3 is 0 Å². The molecule has 5 nitrogen and oxygen atoms in total. The van der Waals surface area contributed by atoms with E-state index >= 15 is 0 Å². The molecule has 3 aromatic rings. The van der Waals surface area contributed by atoms with Crippen LogP contribution >= 0.6 is 11.6 Å². The molecule has 0 unspecified atom stereocenters. The van der Waals surface area contributed by atoms with Crippen molar-refractivity contribution in [3.63, 3.8) is 0 Å². The fourth-order valence-corrected chi connectivity index (χ4v) is 3.41. The summed E-state index contributed by atoms with van der Waals surface area (Å²) in [5.74, 6) is 0.133. The molecule has 1 saturated heterocycles. The number of fused-ring (bicyclic) bond motifs is 1. The highest BCUT2D eigenvalue weighted by Crippen LogP contribution is 2.21. The van der Waals surface area contributed by atoms with Gasteiger partial charge in [-0.1, -0.05) is 23.7 Å². The van der Waals surface area contributed by atoms with Crippen LogP contribution in [0.1, 0.15) is 5.69 Å². The maximum atomic E-state index is 12.6. The van der Waals surface area contributed by atoms with Gasteiger partial charge in [-0.2, -0.15) is 0 Å². The highest BCUT2D eigenvalue weighted by Gasteiger charge is 2.22. The molecule has 0 aliphatic carbocycles. The first-order valence-corrected chi connectivity index (χ1v) is 8.78. The average Bonchev–Trinajstić information content (AvgIpc) is 3.04. The van der Waals surface area contributed by atoms with Crippen molar-refractivity contribution in [3.8, 4) is 0 Å². The van der Waals surface area contributed by atoms with E-state index in [1.54, 1.807) is 0 Å². The number of halogens is 1. The van der Waals surface area contributed by atoms with Gasteiger partial charge in [0.05, 0.1) is 12.1 Å². The van der Waals surface area contributed by atoms with Crippen LogP contribution < -0.4 is 4.90 Å². The number of pyridine rings is 1. The van der Waals surface area contributed by atoms with Gasteiger partial charge in [-0.25, -0.2) is 4.98 Å². The Morgan fingerprint density at radius 3 is 2.68 bits per heavy atom. The zero-order valence-electron chi connectivity index (χ0n) is 13.8. The van der Waals surface area contributed by atoms with Crippen LogP contribution in [0, 0.1) is 0 Å². The lowest BCUT2D eigenvalue weighted by Crippen LogP contribution is -2.49. The molecule has 1 aromatic carbocycles. The average molecular weight is 355 g/mol. The first-order chi connectivity index (χ1) is 12.2. The Kier molecular flexibility index (Phi) is 4.32. The largest absolute Gasteiger partial charge is 0.368 e. The molecule has 0 spiro atoms. The Bertz CT molecular complexity index is 866. The van der Waals surface area contributed by atoms with E-state index in [2.05, 4.69) is 16.0 Å². The van der Waals surface area contributed by atoms with Crippen LogP contribution in [0.25, 0.3) is 5.65 Å². The summed E-state index contributed by atoms with van der Waals surface area (Å²) in [4.78, 5) is 21.3. The van der Waals surface area contributed by atoms with Crippen LogP contribution in [0.3, 0.4) is 0 Å². The van der Waals surface area contributed by atoms with E-state index in [9.17, 15) is 4.79 Å². The molecule has 0 atom stereocenters. The van der Waals surface area contributed by atoms with Gasteiger partial charge in [-0.05, 0) is 30.3 Å². The molecular weight excluding hydrogens is 336 g/mol. The summed E-state index contributed by atoms with van der Waals surface area (Å²) in [7, 11) is 0. The van der Waals surface area contributed by atoms with E-state index in [-0.39, 0.29) is 5.91 Å². The van der Waals surface area contributed by atoms with Crippen LogP contribution in [0.15, 0.2) is 54.9 Å². The minimum absolute atomic E-state index is 0.133. The molecule has 1 amide bonds. The summed E-state index contributed by atoms with van der Waals surface area (Å²) in [6, 6.07) is 13.7. The quantitative estimate of drug-likeness (QED) is 0.726. The molecule has 128 valence electrons. The topological polar surface area (TPSA) is 40.9 Å². The number of hydrogen-bond acceptors (Lipinski definition) is 3. The standard InChI is InChI=1S/C19H19ClN4O/c20-15-4-3-5-17(12-15)22-8-10-23(11-9-22)19(25)13-16-14-24-7-2-1-6-18(24)21-16/h1-7,12,14H,8-11,13H2. The zero-order chi connectivity index (χ0) is 17.2. The molecule has 2 aromatic heterocycles. The lowest BCUT2D eigenvalue weighted by atomic mass is 10.2. The molecule has 0 radical (unpaired) electrons. The Labute approximate surface area is 151 Å². The molecule has 6 heteroatoms.